The molecule has 0 fully saturated rings. The van der Waals surface area contributed by atoms with E-state index < -0.39 is 0 Å². The van der Waals surface area contributed by atoms with Gasteiger partial charge in [0.2, 0.25) is 0 Å². The second-order valence-electron chi connectivity index (χ2n) is 37.9. The predicted octanol–water partition coefficient (Wildman–Crippen LogP) is 34.9. The van der Waals surface area contributed by atoms with Crippen molar-refractivity contribution in [3.63, 3.8) is 0 Å². The lowest BCUT2D eigenvalue weighted by Gasteiger charge is -2.35. The summed E-state index contributed by atoms with van der Waals surface area (Å²) in [7, 11) is 0. The van der Waals surface area contributed by atoms with Gasteiger partial charge >= 0.3 is 0 Å². The van der Waals surface area contributed by atoms with Crippen molar-refractivity contribution in [2.24, 2.45) is 0 Å². The minimum Gasteiger partial charge on any atom is -0.455 e. The highest BCUT2D eigenvalue weighted by molar-refractivity contribution is 7.26. The summed E-state index contributed by atoms with van der Waals surface area (Å²) < 4.78 is 35.1. The van der Waals surface area contributed by atoms with E-state index in [-0.39, 0.29) is 16.2 Å². The van der Waals surface area contributed by atoms with Gasteiger partial charge in [0.1, 0.15) is 34.2 Å². The molecule has 3 aliphatic heterocycles. The molecule has 12 heteroatoms. The molecule has 27 rings (SSSR count). The normalized spacial score (nSPS) is 13.2. The fourth-order valence-electron chi connectivity index (χ4n) is 20.4. The zero-order valence-electron chi connectivity index (χ0n) is 78.2. The van der Waals surface area contributed by atoms with E-state index in [0.29, 0.717) is 11.6 Å². The van der Waals surface area contributed by atoms with E-state index in [2.05, 4.69) is 333 Å². The molecule has 0 spiro atoms. The molecule has 0 saturated heterocycles. The van der Waals surface area contributed by atoms with Crippen molar-refractivity contribution < 1.29 is 23.0 Å². The number of nitrogens with zero attached hydrogens (tertiary/aromatic N) is 6. The van der Waals surface area contributed by atoms with Gasteiger partial charge < -0.3 is 23.0 Å². The van der Waals surface area contributed by atoms with Crippen molar-refractivity contribution in [1.29, 1.82) is 0 Å². The minimum atomic E-state index is -0.286. The van der Waals surface area contributed by atoms with Crippen LogP contribution in [0.1, 0.15) is 74.9 Å². The second kappa shape index (κ2) is 34.6. The van der Waals surface area contributed by atoms with E-state index in [1.54, 1.807) is 0 Å². The number of benzene rings is 18. The van der Waals surface area contributed by atoms with E-state index >= 15 is 0 Å². The van der Waals surface area contributed by atoms with Crippen molar-refractivity contribution >= 4 is 75.4 Å². The summed E-state index contributed by atoms with van der Waals surface area (Å²) in [6.07, 6.45) is 0. The molecule has 0 aliphatic carbocycles. The summed E-state index contributed by atoms with van der Waals surface area (Å²) in [4.78, 5) is 29.9. The van der Waals surface area contributed by atoms with Gasteiger partial charge in [-0.25, -0.2) is 29.9 Å². The highest BCUT2D eigenvalue weighted by Gasteiger charge is 2.41. The number of para-hydroxylation sites is 2. The van der Waals surface area contributed by atoms with Crippen molar-refractivity contribution in [3.8, 4) is 170 Å². The lowest BCUT2D eigenvalue weighted by atomic mass is 9.75. The van der Waals surface area contributed by atoms with Crippen molar-refractivity contribution in [2.75, 3.05) is 0 Å². The standard InChI is InChI=1S/2C43H30N2O2.C43H30N2OS/c1-43(2)34-23-22-33-32-15-9-10-16-38(32)46-40(33)41(34)47-39-24-21-31(25-35(39)43)27-17-19-29(20-18-27)37-26-36(28-11-5-3-6-12-28)44-42(45-37)30-13-7-4-8-14-30;1-43(2)34-23-22-33-32-15-9-10-16-38(32)46-40(33)41(34)47-39-24-21-31(25-35(39)43)27-17-19-30(20-18-27)42-44-36(28-11-5-3-6-12-28)26-37(45-42)29-13-7-4-8-14-29;1-43(2)34-23-22-33-32-15-9-10-16-39(32)47-41(33)40(34)46-38-24-21-31(25-35(38)43)27-17-19-29(20-18-27)37-26-36(28-11-5-3-6-12-28)44-42(45-37)30-13-7-4-8-14-30/h3*3-26H,1-2H3. The van der Waals surface area contributed by atoms with Crippen molar-refractivity contribution in [3.05, 3.63) is 470 Å². The van der Waals surface area contributed by atoms with Crippen LogP contribution in [-0.4, -0.2) is 29.9 Å². The van der Waals surface area contributed by atoms with Crippen molar-refractivity contribution in [2.45, 2.75) is 57.8 Å². The van der Waals surface area contributed by atoms with Gasteiger partial charge in [-0.15, -0.1) is 11.3 Å². The molecule has 0 saturated carbocycles. The minimum absolute atomic E-state index is 0.216. The highest BCUT2D eigenvalue weighted by atomic mass is 32.1. The maximum absolute atomic E-state index is 6.72. The van der Waals surface area contributed by atoms with Crippen LogP contribution in [0, 0.1) is 0 Å². The van der Waals surface area contributed by atoms with Crippen molar-refractivity contribution in [1.82, 2.24) is 29.9 Å². The van der Waals surface area contributed by atoms with Gasteiger partial charge in [0.05, 0.1) is 38.9 Å². The third-order valence-corrected chi connectivity index (χ3v) is 29.3. The van der Waals surface area contributed by atoms with Gasteiger partial charge in [0.15, 0.2) is 40.1 Å². The molecule has 0 amide bonds. The van der Waals surface area contributed by atoms with E-state index in [9.17, 15) is 0 Å². The molecular formula is C129H90N6O5S. The number of thiophene rings is 1. The topological polar surface area (TPSA) is 131 Å². The first-order valence-corrected chi connectivity index (χ1v) is 48.5. The molecule has 11 nitrogen and oxygen atoms in total. The molecule has 0 atom stereocenters. The predicted molar refractivity (Wildman–Crippen MR) is 575 cm³/mol. The van der Waals surface area contributed by atoms with Gasteiger partial charge in [-0.05, 0) is 118 Å². The summed E-state index contributed by atoms with van der Waals surface area (Å²) >= 11 is 1.82. The van der Waals surface area contributed by atoms with E-state index in [1.165, 1.54) is 31.3 Å². The van der Waals surface area contributed by atoms with Crippen LogP contribution in [0.15, 0.2) is 446 Å². The number of ether oxygens (including phenoxy) is 3. The van der Waals surface area contributed by atoms with Gasteiger partial charge in [-0.1, -0.05) is 393 Å². The maximum atomic E-state index is 6.72. The Morgan fingerprint density at radius 3 is 0.794 bits per heavy atom. The highest BCUT2D eigenvalue weighted by Crippen LogP contribution is 2.58. The smallest absolute Gasteiger partial charge is 0.178 e. The van der Waals surface area contributed by atoms with Crippen LogP contribution in [0.25, 0.3) is 199 Å². The monoisotopic (exact) mass is 1830 g/mol. The molecule has 672 valence electrons. The Morgan fingerprint density at radius 2 is 0.447 bits per heavy atom. The van der Waals surface area contributed by atoms with E-state index in [4.69, 9.17) is 52.9 Å². The van der Waals surface area contributed by atoms with Gasteiger partial charge in [0.25, 0.3) is 0 Å². The Kier molecular flexibility index (Phi) is 20.9. The zero-order valence-corrected chi connectivity index (χ0v) is 79.0. The molecule has 24 aromatic rings. The van der Waals surface area contributed by atoms with E-state index in [1.807, 2.05) is 157 Å². The van der Waals surface area contributed by atoms with Gasteiger partial charge in [-0.2, -0.15) is 0 Å². The number of rotatable bonds is 12. The van der Waals surface area contributed by atoms with Crippen LogP contribution in [0.3, 0.4) is 0 Å². The van der Waals surface area contributed by atoms with Gasteiger partial charge in [0, 0.05) is 137 Å². The van der Waals surface area contributed by atoms with Crippen LogP contribution >= 0.6 is 11.3 Å². The summed E-state index contributed by atoms with van der Waals surface area (Å²) in [6, 6.07) is 151. The second-order valence-corrected chi connectivity index (χ2v) is 38.9. The number of hydrogen-bond acceptors (Lipinski definition) is 12. The molecule has 141 heavy (non-hydrogen) atoms. The van der Waals surface area contributed by atoms with Crippen LogP contribution < -0.4 is 14.2 Å². The first-order chi connectivity index (χ1) is 69.1. The molecule has 0 bridgehead atoms. The van der Waals surface area contributed by atoms with Crippen LogP contribution in [0.2, 0.25) is 0 Å². The van der Waals surface area contributed by atoms with Crippen LogP contribution in [-0.2, 0) is 16.2 Å². The summed E-state index contributed by atoms with van der Waals surface area (Å²) in [5.74, 6) is 7.38. The molecule has 18 aromatic carbocycles. The number of aromatic nitrogens is 6. The fourth-order valence-corrected chi connectivity index (χ4v) is 21.6. The third-order valence-electron chi connectivity index (χ3n) is 28.1. The first kappa shape index (κ1) is 85.1. The lowest BCUT2D eigenvalue weighted by molar-refractivity contribution is 0.415. The quantitative estimate of drug-likeness (QED) is 0.116. The van der Waals surface area contributed by atoms with E-state index in [0.717, 1.165) is 224 Å². The largest absolute Gasteiger partial charge is 0.455 e. The summed E-state index contributed by atoms with van der Waals surface area (Å²) in [5, 5.41) is 6.90. The number of hydrogen-bond donors (Lipinski definition) is 0. The number of furan rings is 2. The maximum Gasteiger partial charge on any atom is 0.178 e. The SMILES string of the molecule is CC1(C)c2cc(-c3ccc(-c4cc(-c5ccccc5)nc(-c5ccccc5)n4)cc3)ccc2Oc2c1ccc1c2oc2ccccc21.CC1(C)c2cc(-c3ccc(-c4cc(-c5ccccc5)nc(-c5ccccc5)n4)cc3)ccc2Oc2c1ccc1c2sc2ccccc21.CC1(C)c2cc(-c3ccc(-c4nc(-c5ccccc5)cc(-c5ccccc5)n4)cc3)ccc2Oc2c1ccc1c2oc2ccccc21. The summed E-state index contributed by atoms with van der Waals surface area (Å²) in [6.45, 7) is 13.7. The molecule has 0 radical (unpaired) electrons. The Bertz CT molecular complexity index is 7990. The Labute approximate surface area is 820 Å². The Morgan fingerprint density at radius 1 is 0.191 bits per heavy atom. The lowest BCUT2D eigenvalue weighted by Crippen LogP contribution is -2.24. The fraction of sp³-hybridized carbons (Fsp3) is 0.0698. The summed E-state index contributed by atoms with van der Waals surface area (Å²) in [5.41, 5.74) is 31.0. The molecule has 0 N–H and O–H groups in total. The average Bonchev–Trinajstić information content (AvgIpc) is 1.65. The Hall–Kier alpha value is -17.6. The zero-order chi connectivity index (χ0) is 94.6. The molecule has 0 unspecified atom stereocenters. The van der Waals surface area contributed by atoms with Gasteiger partial charge in [-0.3, -0.25) is 0 Å². The average molecular weight is 1840 g/mol. The Balaban J connectivity index is 0.000000111. The molecule has 9 heterocycles. The molecule has 6 aromatic heterocycles. The number of fused-ring (bicyclic) bond motifs is 18. The first-order valence-electron chi connectivity index (χ1n) is 47.7. The molecule has 3 aliphatic rings. The van der Waals surface area contributed by atoms with Crippen LogP contribution in [0.5, 0.6) is 34.5 Å². The van der Waals surface area contributed by atoms with Crippen LogP contribution in [0.4, 0.5) is 0 Å². The third kappa shape index (κ3) is 15.4. The molecular weight excluding hydrogens is 1750 g/mol.